The molecule has 0 atom stereocenters. The lowest BCUT2D eigenvalue weighted by molar-refractivity contribution is 0.572. The molecule has 0 spiro atoms. The highest BCUT2D eigenvalue weighted by atomic mass is 127. The Morgan fingerprint density at radius 3 is 2.67 bits per heavy atom. The van der Waals surface area contributed by atoms with E-state index >= 15 is 0 Å². The Bertz CT molecular complexity index is 224. The second-order valence-corrected chi connectivity index (χ2v) is 2.89. The molecule has 0 aromatic carbocycles. The van der Waals surface area contributed by atoms with Crippen molar-refractivity contribution in [2.45, 2.75) is 6.92 Å². The first-order chi connectivity index (χ1) is 4.20. The molecule has 1 heterocycles. The van der Waals surface area contributed by atoms with Crippen molar-refractivity contribution >= 4 is 22.6 Å². The molecular weight excluding hydrogens is 232 g/mol. The summed E-state index contributed by atoms with van der Waals surface area (Å²) in [4.78, 5) is 3.60. The van der Waals surface area contributed by atoms with Gasteiger partial charge in [-0.2, -0.15) is 4.39 Å². The number of aryl methyl sites for hydroxylation is 1. The van der Waals surface area contributed by atoms with Crippen molar-refractivity contribution in [3.05, 3.63) is 27.3 Å². The van der Waals surface area contributed by atoms with Crippen LogP contribution in [0.15, 0.2) is 12.1 Å². The summed E-state index contributed by atoms with van der Waals surface area (Å²) in [5.41, 5.74) is 0.716. The third-order valence-electron chi connectivity index (χ3n) is 0.942. The molecule has 1 aromatic heterocycles. The number of hydrogen-bond donors (Lipinski definition) is 0. The maximum atomic E-state index is 12.5. The van der Waals surface area contributed by atoms with Crippen molar-refractivity contribution in [1.82, 2.24) is 4.98 Å². The van der Waals surface area contributed by atoms with Gasteiger partial charge in [-0.1, -0.05) is 0 Å². The molecule has 3 heteroatoms. The first-order valence-corrected chi connectivity index (χ1v) is 3.56. The number of halogens is 2. The largest absolute Gasteiger partial charge is 0.226 e. The fourth-order valence-corrected chi connectivity index (χ4v) is 0.808. The van der Waals surface area contributed by atoms with Gasteiger partial charge >= 0.3 is 0 Å². The second-order valence-electron chi connectivity index (χ2n) is 1.73. The van der Waals surface area contributed by atoms with Gasteiger partial charge in [0.25, 0.3) is 0 Å². The molecule has 0 radical (unpaired) electrons. The molecule has 9 heavy (non-hydrogen) atoms. The Morgan fingerprint density at radius 1 is 1.56 bits per heavy atom. The predicted molar refractivity (Wildman–Crippen MR) is 41.6 cm³/mol. The lowest BCUT2D eigenvalue weighted by Crippen LogP contribution is -1.88. The summed E-state index contributed by atoms with van der Waals surface area (Å²) < 4.78 is 13.0. The average molecular weight is 237 g/mol. The molecule has 0 aliphatic carbocycles. The van der Waals surface area contributed by atoms with Gasteiger partial charge < -0.3 is 0 Å². The summed E-state index contributed by atoms with van der Waals surface area (Å²) in [6, 6.07) is 3.49. The lowest BCUT2D eigenvalue weighted by atomic mass is 10.4. The standard InChI is InChI=1S/C6H5FIN/c1-4-2-3-5(8)6(7)9-4/h2-3H,1H3. The summed E-state index contributed by atoms with van der Waals surface area (Å²) in [6.45, 7) is 1.76. The number of aromatic nitrogens is 1. The van der Waals surface area contributed by atoms with Crippen LogP contribution in [0.2, 0.25) is 0 Å². The van der Waals surface area contributed by atoms with Crippen LogP contribution in [0.25, 0.3) is 0 Å². The summed E-state index contributed by atoms with van der Waals surface area (Å²) in [6.07, 6.45) is 0. The normalized spacial score (nSPS) is 9.67. The summed E-state index contributed by atoms with van der Waals surface area (Å²) >= 11 is 1.90. The van der Waals surface area contributed by atoms with Crippen LogP contribution in [0.4, 0.5) is 4.39 Å². The molecule has 1 rings (SSSR count). The van der Waals surface area contributed by atoms with Gasteiger partial charge in [0.15, 0.2) is 0 Å². The Labute approximate surface area is 66.4 Å². The lowest BCUT2D eigenvalue weighted by Gasteiger charge is -1.92. The third kappa shape index (κ3) is 1.61. The minimum Gasteiger partial charge on any atom is -0.224 e. The van der Waals surface area contributed by atoms with E-state index in [1.807, 2.05) is 22.6 Å². The van der Waals surface area contributed by atoms with E-state index in [2.05, 4.69) is 4.98 Å². The van der Waals surface area contributed by atoms with Crippen LogP contribution in [0.1, 0.15) is 5.69 Å². The number of nitrogens with zero attached hydrogens (tertiary/aromatic N) is 1. The molecule has 0 unspecified atom stereocenters. The number of rotatable bonds is 0. The molecule has 0 aliphatic rings. The SMILES string of the molecule is Cc1ccc(I)c(F)n1. The zero-order chi connectivity index (χ0) is 6.85. The number of pyridine rings is 1. The van der Waals surface area contributed by atoms with E-state index in [1.54, 1.807) is 19.1 Å². The van der Waals surface area contributed by atoms with Crippen molar-refractivity contribution in [3.63, 3.8) is 0 Å². The minimum absolute atomic E-state index is 0.379. The zero-order valence-electron chi connectivity index (χ0n) is 4.86. The van der Waals surface area contributed by atoms with Crippen LogP contribution in [0, 0.1) is 16.4 Å². The van der Waals surface area contributed by atoms with Gasteiger partial charge in [0, 0.05) is 5.69 Å². The molecule has 0 amide bonds. The van der Waals surface area contributed by atoms with Crippen LogP contribution >= 0.6 is 22.6 Å². The monoisotopic (exact) mass is 237 g/mol. The van der Waals surface area contributed by atoms with E-state index in [0.29, 0.717) is 9.26 Å². The molecule has 0 saturated carbocycles. The van der Waals surface area contributed by atoms with Crippen molar-refractivity contribution in [1.29, 1.82) is 0 Å². The van der Waals surface area contributed by atoms with E-state index in [9.17, 15) is 4.39 Å². The Morgan fingerprint density at radius 2 is 2.22 bits per heavy atom. The number of hydrogen-bond acceptors (Lipinski definition) is 1. The van der Waals surface area contributed by atoms with Gasteiger partial charge in [0.05, 0.1) is 3.57 Å². The fraction of sp³-hybridized carbons (Fsp3) is 0.167. The molecule has 0 saturated heterocycles. The molecule has 48 valence electrons. The first kappa shape index (κ1) is 6.92. The van der Waals surface area contributed by atoms with Crippen molar-refractivity contribution in [2.24, 2.45) is 0 Å². The van der Waals surface area contributed by atoms with Gasteiger partial charge in [0.2, 0.25) is 5.95 Å². The smallest absolute Gasteiger partial charge is 0.224 e. The Hall–Kier alpha value is -0.190. The Kier molecular flexibility index (Phi) is 2.00. The van der Waals surface area contributed by atoms with Crippen molar-refractivity contribution in [2.75, 3.05) is 0 Å². The molecule has 0 fully saturated rings. The third-order valence-corrected chi connectivity index (χ3v) is 1.75. The van der Waals surface area contributed by atoms with E-state index in [4.69, 9.17) is 0 Å². The van der Waals surface area contributed by atoms with E-state index < -0.39 is 0 Å². The van der Waals surface area contributed by atoms with E-state index in [1.165, 1.54) is 0 Å². The molecule has 1 nitrogen and oxygen atoms in total. The zero-order valence-corrected chi connectivity index (χ0v) is 7.02. The predicted octanol–water partition coefficient (Wildman–Crippen LogP) is 2.13. The van der Waals surface area contributed by atoms with Crippen LogP contribution in [-0.4, -0.2) is 4.98 Å². The molecule has 0 bridgehead atoms. The average Bonchev–Trinajstić information content (AvgIpc) is 1.80. The van der Waals surface area contributed by atoms with Gasteiger partial charge in [-0.25, -0.2) is 4.98 Å². The summed E-state index contributed by atoms with van der Waals surface area (Å²) in [7, 11) is 0. The topological polar surface area (TPSA) is 12.9 Å². The van der Waals surface area contributed by atoms with Crippen LogP contribution in [-0.2, 0) is 0 Å². The summed E-state index contributed by atoms with van der Waals surface area (Å²) in [5.74, 6) is -0.379. The van der Waals surface area contributed by atoms with Crippen LogP contribution in [0.3, 0.4) is 0 Å². The van der Waals surface area contributed by atoms with Gasteiger partial charge in [0.1, 0.15) is 0 Å². The first-order valence-electron chi connectivity index (χ1n) is 2.49. The highest BCUT2D eigenvalue weighted by molar-refractivity contribution is 14.1. The molecule has 0 N–H and O–H groups in total. The highest BCUT2D eigenvalue weighted by Crippen LogP contribution is 2.07. The minimum atomic E-state index is -0.379. The van der Waals surface area contributed by atoms with Gasteiger partial charge in [-0.15, -0.1) is 0 Å². The maximum absolute atomic E-state index is 12.5. The molecule has 0 aliphatic heterocycles. The Balaban J connectivity index is 3.17. The van der Waals surface area contributed by atoms with Gasteiger partial charge in [-0.05, 0) is 41.6 Å². The molecular formula is C6H5FIN. The second kappa shape index (κ2) is 2.60. The fourth-order valence-electron chi connectivity index (χ4n) is 0.508. The molecule has 1 aromatic rings. The van der Waals surface area contributed by atoms with Crippen molar-refractivity contribution < 1.29 is 4.39 Å². The van der Waals surface area contributed by atoms with E-state index in [0.717, 1.165) is 0 Å². The van der Waals surface area contributed by atoms with Crippen molar-refractivity contribution in [3.8, 4) is 0 Å². The van der Waals surface area contributed by atoms with Crippen LogP contribution < -0.4 is 0 Å². The van der Waals surface area contributed by atoms with Gasteiger partial charge in [-0.3, -0.25) is 0 Å². The quantitative estimate of drug-likeness (QED) is 0.497. The summed E-state index contributed by atoms with van der Waals surface area (Å²) in [5, 5.41) is 0. The highest BCUT2D eigenvalue weighted by Gasteiger charge is 1.96. The maximum Gasteiger partial charge on any atom is 0.226 e. The van der Waals surface area contributed by atoms with E-state index in [-0.39, 0.29) is 5.95 Å². The van der Waals surface area contributed by atoms with Crippen LogP contribution in [0.5, 0.6) is 0 Å².